The Morgan fingerprint density at radius 3 is 3.10 bits per heavy atom. The highest BCUT2D eigenvalue weighted by Crippen LogP contribution is 2.37. The molecule has 1 aromatic carbocycles. The third-order valence-corrected chi connectivity index (χ3v) is 4.64. The molecular weight excluding hydrogens is 262 g/mol. The molecule has 0 radical (unpaired) electrons. The molecule has 1 aromatic heterocycles. The first-order valence-corrected chi connectivity index (χ1v) is 7.54. The minimum Gasteiger partial charge on any atom is -0.374 e. The molecule has 0 amide bonds. The van der Waals surface area contributed by atoms with E-state index in [-0.39, 0.29) is 0 Å². The lowest BCUT2D eigenvalue weighted by Crippen LogP contribution is -2.49. The number of fused-ring (bicyclic) bond motifs is 2. The Bertz CT molecular complexity index is 722. The Kier molecular flexibility index (Phi) is 3.01. The molecule has 21 heavy (non-hydrogen) atoms. The molecule has 2 heterocycles. The van der Waals surface area contributed by atoms with E-state index in [4.69, 9.17) is 4.74 Å². The standard InChI is InChI=1S/C17H17N3O/c18-10-12-11-19-14-5-2-1-4-13(14)17(12)20-8-9-21-16-7-3-6-15(16)20/h1-2,4-5,11,15-16H,3,6-9H2. The van der Waals surface area contributed by atoms with E-state index >= 15 is 0 Å². The summed E-state index contributed by atoms with van der Waals surface area (Å²) in [7, 11) is 0. The zero-order chi connectivity index (χ0) is 14.2. The normalized spacial score (nSPS) is 24.8. The van der Waals surface area contributed by atoms with Gasteiger partial charge in [-0.05, 0) is 25.3 Å². The highest BCUT2D eigenvalue weighted by molar-refractivity contribution is 5.94. The maximum atomic E-state index is 9.50. The maximum Gasteiger partial charge on any atom is 0.103 e. The van der Waals surface area contributed by atoms with Crippen LogP contribution in [-0.4, -0.2) is 30.3 Å². The molecule has 106 valence electrons. The van der Waals surface area contributed by atoms with Crippen molar-refractivity contribution in [3.05, 3.63) is 36.0 Å². The molecule has 0 N–H and O–H groups in total. The fourth-order valence-corrected chi connectivity index (χ4v) is 3.72. The number of ether oxygens (including phenoxy) is 1. The topological polar surface area (TPSA) is 49.2 Å². The van der Waals surface area contributed by atoms with Crippen LogP contribution in [0, 0.1) is 11.3 Å². The minimum absolute atomic E-state index is 0.317. The van der Waals surface area contributed by atoms with Gasteiger partial charge in [-0.1, -0.05) is 18.2 Å². The molecular formula is C17H17N3O. The van der Waals surface area contributed by atoms with Crippen molar-refractivity contribution in [1.82, 2.24) is 4.98 Å². The van der Waals surface area contributed by atoms with Crippen molar-refractivity contribution < 1.29 is 4.74 Å². The predicted molar refractivity (Wildman–Crippen MR) is 81.2 cm³/mol. The molecule has 2 aliphatic rings. The van der Waals surface area contributed by atoms with Gasteiger partial charge in [0.05, 0.1) is 35.5 Å². The quantitative estimate of drug-likeness (QED) is 0.805. The number of pyridine rings is 1. The van der Waals surface area contributed by atoms with Crippen LogP contribution >= 0.6 is 0 Å². The van der Waals surface area contributed by atoms with Crippen molar-refractivity contribution >= 4 is 16.6 Å². The van der Waals surface area contributed by atoms with Gasteiger partial charge in [-0.2, -0.15) is 5.26 Å². The first kappa shape index (κ1) is 12.6. The van der Waals surface area contributed by atoms with E-state index in [0.717, 1.165) is 42.6 Å². The molecule has 2 fully saturated rings. The van der Waals surface area contributed by atoms with Crippen LogP contribution in [0.1, 0.15) is 24.8 Å². The van der Waals surface area contributed by atoms with E-state index in [2.05, 4.69) is 22.0 Å². The number of nitriles is 1. The highest BCUT2D eigenvalue weighted by Gasteiger charge is 2.37. The summed E-state index contributed by atoms with van der Waals surface area (Å²) in [5, 5.41) is 10.6. The predicted octanol–water partition coefficient (Wildman–Crippen LogP) is 2.86. The summed E-state index contributed by atoms with van der Waals surface area (Å²) in [4.78, 5) is 6.81. The van der Waals surface area contributed by atoms with Crippen molar-refractivity contribution in [3.8, 4) is 6.07 Å². The average Bonchev–Trinajstić information content (AvgIpc) is 3.02. The third-order valence-electron chi connectivity index (χ3n) is 4.64. The molecule has 1 saturated heterocycles. The minimum atomic E-state index is 0.317. The number of para-hydroxylation sites is 1. The van der Waals surface area contributed by atoms with Crippen LogP contribution < -0.4 is 4.90 Å². The van der Waals surface area contributed by atoms with Crippen molar-refractivity contribution in [1.29, 1.82) is 5.26 Å². The molecule has 1 aliphatic carbocycles. The van der Waals surface area contributed by atoms with E-state index in [1.165, 1.54) is 6.42 Å². The number of anilines is 1. The number of hydrogen-bond acceptors (Lipinski definition) is 4. The second-order valence-electron chi connectivity index (χ2n) is 5.75. The molecule has 2 aromatic rings. The van der Waals surface area contributed by atoms with E-state index in [1.54, 1.807) is 6.20 Å². The second-order valence-corrected chi connectivity index (χ2v) is 5.75. The number of hydrogen-bond donors (Lipinski definition) is 0. The van der Waals surface area contributed by atoms with Crippen LogP contribution in [0.5, 0.6) is 0 Å². The lowest BCUT2D eigenvalue weighted by atomic mass is 10.0. The third kappa shape index (κ3) is 1.97. The summed E-state index contributed by atoms with van der Waals surface area (Å²) >= 11 is 0. The number of aromatic nitrogens is 1. The number of rotatable bonds is 1. The highest BCUT2D eigenvalue weighted by atomic mass is 16.5. The van der Waals surface area contributed by atoms with Gasteiger partial charge in [0.2, 0.25) is 0 Å². The lowest BCUT2D eigenvalue weighted by Gasteiger charge is -2.40. The molecule has 0 bridgehead atoms. The van der Waals surface area contributed by atoms with E-state index in [9.17, 15) is 5.26 Å². The maximum absolute atomic E-state index is 9.50. The van der Waals surface area contributed by atoms with Crippen LogP contribution in [0.4, 0.5) is 5.69 Å². The zero-order valence-corrected chi connectivity index (χ0v) is 11.8. The van der Waals surface area contributed by atoms with Crippen molar-refractivity contribution in [2.75, 3.05) is 18.1 Å². The van der Waals surface area contributed by atoms with Crippen LogP contribution in [0.2, 0.25) is 0 Å². The van der Waals surface area contributed by atoms with Gasteiger partial charge >= 0.3 is 0 Å². The van der Waals surface area contributed by atoms with Gasteiger partial charge in [0.15, 0.2) is 0 Å². The zero-order valence-electron chi connectivity index (χ0n) is 11.8. The van der Waals surface area contributed by atoms with Crippen LogP contribution in [0.25, 0.3) is 10.9 Å². The van der Waals surface area contributed by atoms with Crippen LogP contribution in [-0.2, 0) is 4.74 Å². The Labute approximate surface area is 124 Å². The number of nitrogens with zero attached hydrogens (tertiary/aromatic N) is 3. The van der Waals surface area contributed by atoms with Gasteiger partial charge in [-0.25, -0.2) is 0 Å². The molecule has 4 heteroatoms. The van der Waals surface area contributed by atoms with Crippen LogP contribution in [0.15, 0.2) is 30.5 Å². The first-order chi connectivity index (χ1) is 10.4. The largest absolute Gasteiger partial charge is 0.374 e. The fourth-order valence-electron chi connectivity index (χ4n) is 3.72. The fraction of sp³-hybridized carbons (Fsp3) is 0.412. The van der Waals surface area contributed by atoms with Crippen molar-refractivity contribution in [2.24, 2.45) is 0 Å². The van der Waals surface area contributed by atoms with Gasteiger partial charge in [0.25, 0.3) is 0 Å². The SMILES string of the molecule is N#Cc1cnc2ccccc2c1N1CCOC2CCCC21. The smallest absolute Gasteiger partial charge is 0.103 e. The average molecular weight is 279 g/mol. The van der Waals surface area contributed by atoms with E-state index < -0.39 is 0 Å². The summed E-state index contributed by atoms with van der Waals surface area (Å²) < 4.78 is 5.90. The van der Waals surface area contributed by atoms with Gasteiger partial charge in [0.1, 0.15) is 6.07 Å². The van der Waals surface area contributed by atoms with Crippen molar-refractivity contribution in [3.63, 3.8) is 0 Å². The van der Waals surface area contributed by atoms with Gasteiger partial charge in [0, 0.05) is 18.1 Å². The first-order valence-electron chi connectivity index (χ1n) is 7.54. The van der Waals surface area contributed by atoms with Crippen LogP contribution in [0.3, 0.4) is 0 Å². The number of benzene rings is 1. The summed E-state index contributed by atoms with van der Waals surface area (Å²) in [6, 6.07) is 10.8. The van der Waals surface area contributed by atoms with Gasteiger partial charge in [-0.3, -0.25) is 4.98 Å². The molecule has 0 spiro atoms. The monoisotopic (exact) mass is 279 g/mol. The van der Waals surface area contributed by atoms with Gasteiger partial charge < -0.3 is 9.64 Å². The molecule has 1 aliphatic heterocycles. The van der Waals surface area contributed by atoms with E-state index in [0.29, 0.717) is 17.7 Å². The molecule has 2 atom stereocenters. The van der Waals surface area contributed by atoms with Gasteiger partial charge in [-0.15, -0.1) is 0 Å². The second kappa shape index (κ2) is 5.01. The Morgan fingerprint density at radius 2 is 2.19 bits per heavy atom. The Balaban J connectivity index is 1.90. The molecule has 4 rings (SSSR count). The number of morpholine rings is 1. The molecule has 4 nitrogen and oxygen atoms in total. The molecule has 2 unspecified atom stereocenters. The van der Waals surface area contributed by atoms with E-state index in [1.807, 2.05) is 18.2 Å². The lowest BCUT2D eigenvalue weighted by molar-refractivity contribution is 0.0257. The Morgan fingerprint density at radius 1 is 1.29 bits per heavy atom. The summed E-state index contributed by atoms with van der Waals surface area (Å²) in [5.74, 6) is 0. The summed E-state index contributed by atoms with van der Waals surface area (Å²) in [6.45, 7) is 1.59. The summed E-state index contributed by atoms with van der Waals surface area (Å²) in [5.41, 5.74) is 2.66. The van der Waals surface area contributed by atoms with Crippen molar-refractivity contribution in [2.45, 2.75) is 31.4 Å². The molecule has 1 saturated carbocycles. The summed E-state index contributed by atoms with van der Waals surface area (Å²) in [6.07, 6.45) is 5.50. The Hall–Kier alpha value is -2.12.